The second kappa shape index (κ2) is 9.27. The zero-order valence-electron chi connectivity index (χ0n) is 19.9. The topological polar surface area (TPSA) is 90.5 Å². The fourth-order valence-electron chi connectivity index (χ4n) is 5.66. The number of ketones is 1. The smallest absolute Gasteiger partial charge is 0.259 e. The third-order valence-corrected chi connectivity index (χ3v) is 7.14. The number of aryl methyl sites for hydroxylation is 1. The summed E-state index contributed by atoms with van der Waals surface area (Å²) in [5, 5.41) is 5.19. The van der Waals surface area contributed by atoms with Gasteiger partial charge < -0.3 is 10.2 Å². The third kappa shape index (κ3) is 4.23. The van der Waals surface area contributed by atoms with E-state index < -0.39 is 6.17 Å². The Kier molecular flexibility index (Phi) is 6.18. The van der Waals surface area contributed by atoms with Gasteiger partial charge in [0.25, 0.3) is 5.91 Å². The molecule has 0 radical (unpaired) electrons. The lowest BCUT2D eigenvalue weighted by Gasteiger charge is -2.37. The maximum Gasteiger partial charge on any atom is 0.259 e. The molecule has 4 atom stereocenters. The van der Waals surface area contributed by atoms with Gasteiger partial charge in [-0.2, -0.15) is 0 Å². The van der Waals surface area contributed by atoms with E-state index in [1.165, 1.54) is 11.9 Å². The molecule has 8 heteroatoms. The Morgan fingerprint density at radius 3 is 2.82 bits per heavy atom. The number of Topliss-reactive ketones (excluding diaryl/α,β-unsaturated/α-hetero) is 1. The van der Waals surface area contributed by atoms with Crippen LogP contribution in [-0.4, -0.2) is 58.5 Å². The van der Waals surface area contributed by atoms with Crippen molar-refractivity contribution in [3.63, 3.8) is 0 Å². The number of hydrogen-bond acceptors (Lipinski definition) is 7. The van der Waals surface area contributed by atoms with Crippen LogP contribution in [0.25, 0.3) is 6.08 Å². The van der Waals surface area contributed by atoms with E-state index in [0.717, 1.165) is 30.0 Å². The number of carbonyl (C=O) groups excluding carboxylic acids is 2. The average Bonchev–Trinajstić information content (AvgIpc) is 3.33. The van der Waals surface area contributed by atoms with Crippen LogP contribution in [0.4, 0.5) is 5.82 Å². The Balaban J connectivity index is 1.38. The first-order valence-electron chi connectivity index (χ1n) is 12.0. The number of nitrogens with one attached hydrogen (secondary N) is 2. The number of hydrogen-bond donors (Lipinski definition) is 2. The van der Waals surface area contributed by atoms with Crippen LogP contribution in [0.15, 0.2) is 42.9 Å². The summed E-state index contributed by atoms with van der Waals surface area (Å²) in [5.41, 5.74) is 6.70. The molecule has 178 valence electrons. The normalized spacial score (nSPS) is 24.9. The number of carbonyl (C=O) groups is 2. The van der Waals surface area contributed by atoms with E-state index in [1.54, 1.807) is 6.20 Å². The molecule has 2 aliphatic heterocycles. The highest BCUT2D eigenvalue weighted by Gasteiger charge is 2.49. The molecule has 4 unspecified atom stereocenters. The van der Waals surface area contributed by atoms with E-state index in [0.29, 0.717) is 18.7 Å². The molecule has 8 nitrogen and oxygen atoms in total. The summed E-state index contributed by atoms with van der Waals surface area (Å²) in [6, 6.07) is 8.22. The van der Waals surface area contributed by atoms with Crippen molar-refractivity contribution in [2.45, 2.75) is 45.3 Å². The van der Waals surface area contributed by atoms with Crippen molar-refractivity contribution in [2.24, 2.45) is 11.8 Å². The molecule has 2 N–H and O–H groups in total. The van der Waals surface area contributed by atoms with Crippen molar-refractivity contribution >= 4 is 23.6 Å². The maximum absolute atomic E-state index is 13.3. The first-order valence-corrected chi connectivity index (χ1v) is 12.0. The van der Waals surface area contributed by atoms with E-state index in [-0.39, 0.29) is 29.7 Å². The summed E-state index contributed by atoms with van der Waals surface area (Å²) >= 11 is 0. The number of rotatable bonds is 6. The van der Waals surface area contributed by atoms with Crippen molar-refractivity contribution in [3.05, 3.63) is 59.6 Å². The van der Waals surface area contributed by atoms with Crippen LogP contribution in [0, 0.1) is 18.8 Å². The molecule has 0 bridgehead atoms. The van der Waals surface area contributed by atoms with Gasteiger partial charge >= 0.3 is 0 Å². The lowest BCUT2D eigenvalue weighted by molar-refractivity contribution is -0.125. The van der Waals surface area contributed by atoms with Gasteiger partial charge in [-0.25, -0.2) is 20.4 Å². The Bertz CT molecular complexity index is 1120. The Labute approximate surface area is 200 Å². The fourth-order valence-corrected chi connectivity index (χ4v) is 5.66. The molecule has 2 aromatic rings. The number of fused-ring (bicyclic) bond motifs is 2. The molecular weight excluding hydrogens is 428 g/mol. The van der Waals surface area contributed by atoms with Crippen LogP contribution in [0.1, 0.15) is 42.9 Å². The predicted octanol–water partition coefficient (Wildman–Crippen LogP) is 2.28. The molecule has 1 aromatic carbocycles. The summed E-state index contributed by atoms with van der Waals surface area (Å²) in [5.74, 6) is 1.43. The van der Waals surface area contributed by atoms with E-state index in [9.17, 15) is 9.59 Å². The molecular formula is C26H32N6O2. The van der Waals surface area contributed by atoms with Gasteiger partial charge in [-0.15, -0.1) is 0 Å². The Morgan fingerprint density at radius 2 is 2.03 bits per heavy atom. The van der Waals surface area contributed by atoms with Gasteiger partial charge in [-0.1, -0.05) is 36.4 Å². The van der Waals surface area contributed by atoms with Crippen LogP contribution in [0.2, 0.25) is 0 Å². The van der Waals surface area contributed by atoms with E-state index >= 15 is 0 Å². The van der Waals surface area contributed by atoms with Crippen LogP contribution in [0.3, 0.4) is 0 Å². The van der Waals surface area contributed by atoms with Crippen molar-refractivity contribution in [1.29, 1.82) is 0 Å². The second-order valence-electron chi connectivity index (χ2n) is 9.88. The Hall–Kier alpha value is -3.10. The van der Waals surface area contributed by atoms with Gasteiger partial charge in [-0.3, -0.25) is 9.59 Å². The summed E-state index contributed by atoms with van der Waals surface area (Å²) in [6.07, 6.45) is 7.26. The van der Waals surface area contributed by atoms with Crippen LogP contribution < -0.4 is 15.6 Å². The SMILES string of the molecule is Cc1ccccc1C1C(=O)CC2CN(NC(C(=O)NC(C)C)N3CC=Cc4cncnc43)CC21. The largest absolute Gasteiger partial charge is 0.351 e. The quantitative estimate of drug-likeness (QED) is 0.684. The number of nitrogens with zero attached hydrogens (tertiary/aromatic N) is 4. The van der Waals surface area contributed by atoms with E-state index in [1.807, 2.05) is 43.0 Å². The molecule has 34 heavy (non-hydrogen) atoms. The van der Waals surface area contributed by atoms with Crippen LogP contribution in [-0.2, 0) is 9.59 Å². The van der Waals surface area contributed by atoms with Gasteiger partial charge in [0.1, 0.15) is 17.9 Å². The summed E-state index contributed by atoms with van der Waals surface area (Å²) in [4.78, 5) is 36.8. The molecule has 1 saturated heterocycles. The Morgan fingerprint density at radius 1 is 1.21 bits per heavy atom. The molecule has 1 aliphatic carbocycles. The van der Waals surface area contributed by atoms with Crippen molar-refractivity contribution < 1.29 is 9.59 Å². The average molecular weight is 461 g/mol. The first kappa shape index (κ1) is 22.7. The molecule has 5 rings (SSSR count). The summed E-state index contributed by atoms with van der Waals surface area (Å²) in [7, 11) is 0. The molecule has 3 heterocycles. The minimum atomic E-state index is -0.618. The molecule has 1 saturated carbocycles. The van der Waals surface area contributed by atoms with Crippen molar-refractivity contribution in [3.8, 4) is 0 Å². The van der Waals surface area contributed by atoms with Crippen LogP contribution in [0.5, 0.6) is 0 Å². The van der Waals surface area contributed by atoms with Gasteiger partial charge in [0.2, 0.25) is 0 Å². The highest BCUT2D eigenvalue weighted by atomic mass is 16.2. The first-order chi connectivity index (χ1) is 16.4. The lowest BCUT2D eigenvalue weighted by atomic mass is 9.84. The molecule has 3 aliphatic rings. The summed E-state index contributed by atoms with van der Waals surface area (Å²) in [6.45, 7) is 8.03. The highest BCUT2D eigenvalue weighted by molar-refractivity contribution is 5.89. The zero-order valence-corrected chi connectivity index (χ0v) is 19.9. The molecule has 1 aromatic heterocycles. The van der Waals surface area contributed by atoms with Crippen molar-refractivity contribution in [1.82, 2.24) is 25.7 Å². The zero-order chi connectivity index (χ0) is 23.8. The number of amides is 1. The monoisotopic (exact) mass is 460 g/mol. The number of anilines is 1. The van der Waals surface area contributed by atoms with E-state index in [2.05, 4.69) is 44.8 Å². The van der Waals surface area contributed by atoms with Crippen molar-refractivity contribution in [2.75, 3.05) is 24.5 Å². The minimum absolute atomic E-state index is 0.0167. The highest BCUT2D eigenvalue weighted by Crippen LogP contribution is 2.45. The van der Waals surface area contributed by atoms with Gasteiger partial charge in [0.15, 0.2) is 6.17 Å². The standard InChI is InChI=1S/C26H32N6O2/c1-16(2)29-26(34)25(32-10-6-8-18-12-27-15-28-24(18)32)30-31-13-19-11-22(33)23(21(19)14-31)20-9-5-4-7-17(20)3/h4-9,12,15-16,19,21,23,25,30H,10-11,13-14H2,1-3H3,(H,29,34). The van der Waals surface area contributed by atoms with Gasteiger partial charge in [0, 0.05) is 49.8 Å². The summed E-state index contributed by atoms with van der Waals surface area (Å²) < 4.78 is 0. The molecule has 2 fully saturated rings. The fraction of sp³-hybridized carbons (Fsp3) is 0.462. The molecule has 1 amide bonds. The predicted molar refractivity (Wildman–Crippen MR) is 131 cm³/mol. The number of benzene rings is 1. The number of aromatic nitrogens is 2. The lowest BCUT2D eigenvalue weighted by Crippen LogP contribution is -2.61. The maximum atomic E-state index is 13.3. The molecule has 0 spiro atoms. The van der Waals surface area contributed by atoms with Gasteiger partial charge in [-0.05, 0) is 43.7 Å². The minimum Gasteiger partial charge on any atom is -0.351 e. The second-order valence-corrected chi connectivity index (χ2v) is 9.88. The third-order valence-electron chi connectivity index (χ3n) is 7.14. The van der Waals surface area contributed by atoms with E-state index in [4.69, 9.17) is 0 Å². The van der Waals surface area contributed by atoms with Crippen LogP contribution >= 0.6 is 0 Å². The number of hydrazine groups is 1. The van der Waals surface area contributed by atoms with Gasteiger partial charge in [0.05, 0.1) is 0 Å².